The molecule has 0 radical (unpaired) electrons. The van der Waals surface area contributed by atoms with Gasteiger partial charge in [-0.15, -0.1) is 6.58 Å². The van der Waals surface area contributed by atoms with Gasteiger partial charge in [0, 0.05) is 31.1 Å². The first-order valence-electron chi connectivity index (χ1n) is 10.3. The second-order valence-electron chi connectivity index (χ2n) is 8.39. The molecular formula is C20H29ClN4O3S. The Labute approximate surface area is 178 Å². The topological polar surface area (TPSA) is 75.6 Å². The average Bonchev–Trinajstić information content (AvgIpc) is 3.53. The summed E-state index contributed by atoms with van der Waals surface area (Å²) in [7, 11) is -3.28. The maximum Gasteiger partial charge on any atom is 0.224 e. The number of sulfonamides is 1. The number of morpholine rings is 1. The van der Waals surface area contributed by atoms with Gasteiger partial charge in [0.1, 0.15) is 5.82 Å². The van der Waals surface area contributed by atoms with E-state index in [4.69, 9.17) is 16.3 Å². The number of ether oxygens (including phenoxy) is 1. The van der Waals surface area contributed by atoms with Crippen LogP contribution in [0.3, 0.4) is 0 Å². The quantitative estimate of drug-likeness (QED) is 0.500. The molecule has 4 rings (SSSR count). The molecule has 3 aliphatic rings. The Morgan fingerprint density at radius 1 is 1.31 bits per heavy atom. The van der Waals surface area contributed by atoms with E-state index in [0.717, 1.165) is 43.7 Å². The number of hydrogen-bond acceptors (Lipinski definition) is 6. The van der Waals surface area contributed by atoms with Gasteiger partial charge in [0.05, 0.1) is 30.7 Å². The van der Waals surface area contributed by atoms with E-state index in [0.29, 0.717) is 32.2 Å². The van der Waals surface area contributed by atoms with E-state index in [1.54, 1.807) is 4.31 Å². The van der Waals surface area contributed by atoms with Gasteiger partial charge >= 0.3 is 0 Å². The van der Waals surface area contributed by atoms with Crippen LogP contribution in [-0.4, -0.2) is 67.3 Å². The summed E-state index contributed by atoms with van der Waals surface area (Å²) in [5, 5.41) is 0.262. The zero-order valence-corrected chi connectivity index (χ0v) is 18.5. The van der Waals surface area contributed by atoms with Crippen LogP contribution < -0.4 is 4.90 Å². The van der Waals surface area contributed by atoms with E-state index >= 15 is 0 Å². The van der Waals surface area contributed by atoms with Crippen molar-refractivity contribution in [3.8, 4) is 0 Å². The van der Waals surface area contributed by atoms with Crippen molar-refractivity contribution in [2.45, 2.75) is 44.1 Å². The van der Waals surface area contributed by atoms with Gasteiger partial charge in [0.15, 0.2) is 0 Å². The van der Waals surface area contributed by atoms with Gasteiger partial charge in [-0.05, 0) is 50.1 Å². The van der Waals surface area contributed by atoms with Crippen molar-refractivity contribution in [1.29, 1.82) is 0 Å². The van der Waals surface area contributed by atoms with Crippen LogP contribution in [0.25, 0.3) is 0 Å². The molecule has 1 aromatic heterocycles. The largest absolute Gasteiger partial charge is 0.377 e. The molecule has 1 aliphatic carbocycles. The van der Waals surface area contributed by atoms with E-state index in [1.807, 2.05) is 0 Å². The molecule has 160 valence electrons. The number of halogens is 1. The standard InChI is InChI=1S/C20H29ClN4O3S/c1-3-12-29(26,27)24-8-6-20(7-9-24,16-4-5-16)17-13-18(23-19(21)22-17)25-10-11-28-14-15(25)2/h3,13,15-16H,1,4-12,14H2,2H3/t15-/m0/s1. The molecule has 0 amide bonds. The van der Waals surface area contributed by atoms with Crippen LogP contribution in [-0.2, 0) is 20.2 Å². The zero-order chi connectivity index (χ0) is 20.6. The second-order valence-corrected chi connectivity index (χ2v) is 10.7. The molecule has 0 spiro atoms. The molecule has 3 fully saturated rings. The van der Waals surface area contributed by atoms with Crippen LogP contribution in [0, 0.1) is 5.92 Å². The predicted molar refractivity (Wildman–Crippen MR) is 114 cm³/mol. The van der Waals surface area contributed by atoms with Crippen molar-refractivity contribution < 1.29 is 13.2 Å². The van der Waals surface area contributed by atoms with Crippen LogP contribution in [0.1, 0.15) is 38.3 Å². The van der Waals surface area contributed by atoms with E-state index < -0.39 is 10.0 Å². The Balaban J connectivity index is 1.62. The maximum absolute atomic E-state index is 12.5. The van der Waals surface area contributed by atoms with Crippen molar-refractivity contribution >= 4 is 27.4 Å². The Hall–Kier alpha value is -1.22. The van der Waals surface area contributed by atoms with Gasteiger partial charge in [-0.2, -0.15) is 0 Å². The first-order chi connectivity index (χ1) is 13.9. The summed E-state index contributed by atoms with van der Waals surface area (Å²) < 4.78 is 32.1. The van der Waals surface area contributed by atoms with Crippen LogP contribution in [0.4, 0.5) is 5.82 Å². The number of hydrogen-bond donors (Lipinski definition) is 0. The Bertz CT molecular complexity index is 866. The first kappa shape index (κ1) is 21.0. The van der Waals surface area contributed by atoms with Crippen molar-refractivity contribution in [2.24, 2.45) is 5.92 Å². The van der Waals surface area contributed by atoms with Gasteiger partial charge in [-0.25, -0.2) is 22.7 Å². The lowest BCUT2D eigenvalue weighted by Crippen LogP contribution is -2.47. The molecule has 2 aliphatic heterocycles. The maximum atomic E-state index is 12.5. The third-order valence-corrected chi connectivity index (χ3v) is 8.53. The average molecular weight is 441 g/mol. The molecule has 0 bridgehead atoms. The van der Waals surface area contributed by atoms with Gasteiger partial charge in [-0.1, -0.05) is 6.08 Å². The summed E-state index contributed by atoms with van der Waals surface area (Å²) in [6.07, 6.45) is 5.30. The molecule has 0 unspecified atom stereocenters. The van der Waals surface area contributed by atoms with Gasteiger partial charge in [0.25, 0.3) is 0 Å². The normalized spacial score (nSPS) is 25.7. The van der Waals surface area contributed by atoms with Crippen molar-refractivity contribution in [3.63, 3.8) is 0 Å². The molecule has 9 heteroatoms. The number of aromatic nitrogens is 2. The van der Waals surface area contributed by atoms with Crippen LogP contribution in [0.5, 0.6) is 0 Å². The number of anilines is 1. The highest BCUT2D eigenvalue weighted by molar-refractivity contribution is 7.89. The highest BCUT2D eigenvalue weighted by atomic mass is 35.5. The molecule has 3 heterocycles. The lowest BCUT2D eigenvalue weighted by Gasteiger charge is -2.42. The van der Waals surface area contributed by atoms with E-state index in [9.17, 15) is 8.42 Å². The zero-order valence-electron chi connectivity index (χ0n) is 16.9. The summed E-state index contributed by atoms with van der Waals surface area (Å²) >= 11 is 6.37. The van der Waals surface area contributed by atoms with Gasteiger partial charge in [0.2, 0.25) is 15.3 Å². The minimum atomic E-state index is -3.28. The predicted octanol–water partition coefficient (Wildman–Crippen LogP) is 2.61. The molecule has 7 nitrogen and oxygen atoms in total. The highest BCUT2D eigenvalue weighted by Gasteiger charge is 2.50. The molecule has 1 saturated carbocycles. The summed E-state index contributed by atoms with van der Waals surface area (Å²) in [6, 6.07) is 2.31. The number of piperidine rings is 1. The minimum Gasteiger partial charge on any atom is -0.377 e. The van der Waals surface area contributed by atoms with Crippen LogP contribution in [0.15, 0.2) is 18.7 Å². The molecular weight excluding hydrogens is 412 g/mol. The Morgan fingerprint density at radius 3 is 2.66 bits per heavy atom. The fourth-order valence-corrected chi connectivity index (χ4v) is 6.23. The molecule has 1 aromatic rings. The minimum absolute atomic E-state index is 0.0121. The van der Waals surface area contributed by atoms with Crippen LogP contribution in [0.2, 0.25) is 5.28 Å². The van der Waals surface area contributed by atoms with Gasteiger partial charge in [-0.3, -0.25) is 0 Å². The third kappa shape index (κ3) is 4.17. The summed E-state index contributed by atoms with van der Waals surface area (Å²) in [4.78, 5) is 11.4. The van der Waals surface area contributed by atoms with E-state index in [1.165, 1.54) is 6.08 Å². The smallest absolute Gasteiger partial charge is 0.224 e. The number of rotatable bonds is 6. The van der Waals surface area contributed by atoms with Gasteiger partial charge < -0.3 is 9.64 Å². The molecule has 29 heavy (non-hydrogen) atoms. The molecule has 0 N–H and O–H groups in total. The van der Waals surface area contributed by atoms with E-state index in [-0.39, 0.29) is 22.5 Å². The summed E-state index contributed by atoms with van der Waals surface area (Å²) in [5.74, 6) is 1.37. The fourth-order valence-electron chi connectivity index (χ4n) is 4.80. The summed E-state index contributed by atoms with van der Waals surface area (Å²) in [5.41, 5.74) is 0.839. The van der Waals surface area contributed by atoms with Crippen molar-refractivity contribution in [1.82, 2.24) is 14.3 Å². The van der Waals surface area contributed by atoms with Crippen molar-refractivity contribution in [3.05, 3.63) is 29.7 Å². The molecule has 0 aromatic carbocycles. The van der Waals surface area contributed by atoms with Crippen molar-refractivity contribution in [2.75, 3.05) is 43.5 Å². The van der Waals surface area contributed by atoms with Crippen LogP contribution >= 0.6 is 11.6 Å². The Kier molecular flexibility index (Phi) is 5.90. The third-order valence-electron chi connectivity index (χ3n) is 6.55. The monoisotopic (exact) mass is 440 g/mol. The SMILES string of the molecule is C=CCS(=O)(=O)N1CCC(c2cc(N3CCOC[C@@H]3C)nc(Cl)n2)(C2CC2)CC1. The first-order valence-corrected chi connectivity index (χ1v) is 12.3. The molecule has 1 atom stereocenters. The van der Waals surface area contributed by atoms with E-state index in [2.05, 4.69) is 34.4 Å². The summed E-state index contributed by atoms with van der Waals surface area (Å²) in [6.45, 7) is 8.83. The lowest BCUT2D eigenvalue weighted by atomic mass is 9.72. The second kappa shape index (κ2) is 8.13. The number of nitrogens with zero attached hydrogens (tertiary/aromatic N) is 4. The highest BCUT2D eigenvalue weighted by Crippen LogP contribution is 2.53. The lowest BCUT2D eigenvalue weighted by molar-refractivity contribution is 0.0984. The Morgan fingerprint density at radius 2 is 2.03 bits per heavy atom. The fraction of sp³-hybridized carbons (Fsp3) is 0.700. The molecule has 2 saturated heterocycles.